The number of aromatic nitrogens is 2. The Kier molecular flexibility index (Phi) is 6.72. The van der Waals surface area contributed by atoms with Crippen LogP contribution in [0, 0.1) is 0 Å². The highest BCUT2D eigenvalue weighted by Crippen LogP contribution is 2.43. The summed E-state index contributed by atoms with van der Waals surface area (Å²) >= 11 is 0. The number of pyridine rings is 2. The zero-order valence-electron chi connectivity index (χ0n) is 16.6. The highest BCUT2D eigenvalue weighted by atomic mass is 19.4. The van der Waals surface area contributed by atoms with Gasteiger partial charge >= 0.3 is 12.4 Å². The van der Waals surface area contributed by atoms with Crippen LogP contribution in [0.25, 0.3) is 16.8 Å². The molecule has 2 aromatic rings. The van der Waals surface area contributed by atoms with Crippen LogP contribution in [-0.4, -0.2) is 42.8 Å². The van der Waals surface area contributed by atoms with Gasteiger partial charge in [-0.3, -0.25) is 4.79 Å². The van der Waals surface area contributed by atoms with Crippen LogP contribution >= 0.6 is 0 Å². The molecule has 0 spiro atoms. The molecule has 3 rings (SSSR count). The molecule has 0 aromatic carbocycles. The lowest BCUT2D eigenvalue weighted by Crippen LogP contribution is -2.25. The molecule has 0 aliphatic carbocycles. The van der Waals surface area contributed by atoms with Crippen LogP contribution in [0.5, 0.6) is 0 Å². The number of anilines is 1. The molecule has 12 heteroatoms. The van der Waals surface area contributed by atoms with E-state index < -0.39 is 29.6 Å². The molecule has 0 fully saturated rings. The van der Waals surface area contributed by atoms with Crippen molar-refractivity contribution in [3.63, 3.8) is 0 Å². The van der Waals surface area contributed by atoms with Crippen molar-refractivity contribution in [3.05, 3.63) is 47.3 Å². The molecule has 0 amide bonds. The first-order chi connectivity index (χ1) is 15.1. The summed E-state index contributed by atoms with van der Waals surface area (Å²) in [7, 11) is 1.29. The third-order valence-electron chi connectivity index (χ3n) is 4.80. The minimum atomic E-state index is -5.05. The smallest absolute Gasteiger partial charge is 0.430 e. The minimum absolute atomic E-state index is 0.00459. The van der Waals surface area contributed by atoms with E-state index in [-0.39, 0.29) is 29.2 Å². The van der Waals surface area contributed by atoms with Crippen molar-refractivity contribution in [1.82, 2.24) is 15.3 Å². The number of carbonyl (C=O) groups excluding carboxylic acids is 1. The Morgan fingerprint density at radius 2 is 1.91 bits per heavy atom. The summed E-state index contributed by atoms with van der Waals surface area (Å²) in [4.78, 5) is 18.8. The summed E-state index contributed by atoms with van der Waals surface area (Å²) < 4.78 is 86.2. The zero-order chi connectivity index (χ0) is 23.5. The van der Waals surface area contributed by atoms with Gasteiger partial charge in [-0.1, -0.05) is 6.08 Å². The number of rotatable bonds is 6. The summed E-state index contributed by atoms with van der Waals surface area (Å²) in [5.74, 6) is -0.312. The highest BCUT2D eigenvalue weighted by Gasteiger charge is 2.46. The number of alkyl halides is 6. The lowest BCUT2D eigenvalue weighted by atomic mass is 9.97. The molecule has 1 unspecified atom stereocenters. The van der Waals surface area contributed by atoms with Crippen molar-refractivity contribution in [2.24, 2.45) is 0 Å². The molecule has 0 saturated carbocycles. The third-order valence-corrected chi connectivity index (χ3v) is 4.80. The Labute approximate surface area is 178 Å². The van der Waals surface area contributed by atoms with E-state index in [1.165, 1.54) is 7.05 Å². The number of nitrogens with one attached hydrogen (secondary N) is 2. The first-order valence-electron chi connectivity index (χ1n) is 9.38. The van der Waals surface area contributed by atoms with Gasteiger partial charge in [0.05, 0.1) is 22.5 Å². The van der Waals surface area contributed by atoms with Crippen molar-refractivity contribution < 1.29 is 35.9 Å². The van der Waals surface area contributed by atoms with Crippen LogP contribution in [0.4, 0.5) is 32.2 Å². The number of hydrogen-bond donors (Lipinski definition) is 2. The van der Waals surface area contributed by atoms with Crippen LogP contribution < -0.4 is 10.6 Å². The predicted octanol–water partition coefficient (Wildman–Crippen LogP) is 4.36. The molecule has 1 aliphatic rings. The van der Waals surface area contributed by atoms with Gasteiger partial charge < -0.3 is 15.4 Å². The van der Waals surface area contributed by atoms with E-state index in [4.69, 9.17) is 0 Å². The topological polar surface area (TPSA) is 76.1 Å². The Bertz CT molecular complexity index is 1020. The molecule has 0 radical (unpaired) electrons. The molecule has 2 N–H and O–H groups in total. The maximum atomic E-state index is 13.7. The van der Waals surface area contributed by atoms with E-state index in [1.54, 1.807) is 6.08 Å². The second kappa shape index (κ2) is 9.15. The van der Waals surface area contributed by atoms with E-state index in [0.717, 1.165) is 18.3 Å². The standard InChI is InChI=1S/C20H18F6N4O2/c1-27-18-16(17(32-10-31)20(24,25)26)13(4-7-29-18)15-9-12(19(21,22)23)8-14(30-15)11-2-5-28-6-3-11/h2,4,7-10,17,28H,3,5-6H2,1H3,(H,27,29). The molecule has 0 saturated heterocycles. The normalized spacial score (nSPS) is 15.7. The van der Waals surface area contributed by atoms with Gasteiger partial charge in [0, 0.05) is 25.4 Å². The maximum Gasteiger partial charge on any atom is 0.430 e. The zero-order valence-corrected chi connectivity index (χ0v) is 16.6. The Balaban J connectivity index is 2.29. The van der Waals surface area contributed by atoms with E-state index in [9.17, 15) is 31.1 Å². The monoisotopic (exact) mass is 460 g/mol. The number of nitrogens with zero attached hydrogens (tertiary/aromatic N) is 2. The van der Waals surface area contributed by atoms with Crippen molar-refractivity contribution >= 4 is 17.9 Å². The van der Waals surface area contributed by atoms with Crippen molar-refractivity contribution in [2.45, 2.75) is 24.9 Å². The Morgan fingerprint density at radius 3 is 2.47 bits per heavy atom. The van der Waals surface area contributed by atoms with Crippen LogP contribution in [0.15, 0.2) is 30.5 Å². The van der Waals surface area contributed by atoms with Gasteiger partial charge in [-0.2, -0.15) is 26.3 Å². The quantitative estimate of drug-likeness (QED) is 0.493. The van der Waals surface area contributed by atoms with Crippen molar-refractivity contribution in [3.8, 4) is 11.3 Å². The highest BCUT2D eigenvalue weighted by molar-refractivity contribution is 5.74. The number of ether oxygens (including phenoxy) is 1. The first kappa shape index (κ1) is 23.5. The SMILES string of the molecule is CNc1nccc(-c2cc(C(F)(F)F)cc(C3=CCNCC3)n2)c1C(OC=O)C(F)(F)F. The molecule has 3 heterocycles. The number of halogens is 6. The number of hydrogen-bond acceptors (Lipinski definition) is 6. The lowest BCUT2D eigenvalue weighted by molar-refractivity contribution is -0.216. The summed E-state index contributed by atoms with van der Waals surface area (Å²) in [5.41, 5.74) is -1.82. The average molecular weight is 460 g/mol. The van der Waals surface area contributed by atoms with Gasteiger partial charge in [0.1, 0.15) is 5.82 Å². The summed E-state index contributed by atoms with van der Waals surface area (Å²) in [6.45, 7) is 0.572. The Hall–Kier alpha value is -3.15. The minimum Gasteiger partial charge on any atom is -0.450 e. The Morgan fingerprint density at radius 1 is 1.19 bits per heavy atom. The first-order valence-corrected chi connectivity index (χ1v) is 9.38. The molecule has 172 valence electrons. The largest absolute Gasteiger partial charge is 0.450 e. The number of carbonyl (C=O) groups is 1. The van der Waals surface area contributed by atoms with Crippen LogP contribution in [0.3, 0.4) is 0 Å². The van der Waals surface area contributed by atoms with Crippen LogP contribution in [0.1, 0.15) is 29.3 Å². The van der Waals surface area contributed by atoms with Gasteiger partial charge in [-0.05, 0) is 36.7 Å². The average Bonchev–Trinajstić information content (AvgIpc) is 2.76. The summed E-state index contributed by atoms with van der Waals surface area (Å²) in [6, 6.07) is 2.63. The van der Waals surface area contributed by atoms with Crippen molar-refractivity contribution in [2.75, 3.05) is 25.5 Å². The fraction of sp³-hybridized carbons (Fsp3) is 0.350. The summed E-state index contributed by atoms with van der Waals surface area (Å²) in [6.07, 6.45) is -9.36. The summed E-state index contributed by atoms with van der Waals surface area (Å²) in [5, 5.41) is 5.49. The van der Waals surface area contributed by atoms with Crippen LogP contribution in [0.2, 0.25) is 0 Å². The molecular formula is C20H18F6N4O2. The molecule has 32 heavy (non-hydrogen) atoms. The van der Waals surface area contributed by atoms with E-state index in [1.807, 2.05) is 0 Å². The van der Waals surface area contributed by atoms with Gasteiger partial charge in [-0.25, -0.2) is 9.97 Å². The van der Waals surface area contributed by atoms with Gasteiger partial charge in [0.2, 0.25) is 6.10 Å². The maximum absolute atomic E-state index is 13.7. The van der Waals surface area contributed by atoms with E-state index in [0.29, 0.717) is 31.1 Å². The second-order valence-corrected chi connectivity index (χ2v) is 6.83. The lowest BCUT2D eigenvalue weighted by Gasteiger charge is -2.24. The van der Waals surface area contributed by atoms with Crippen molar-refractivity contribution in [1.29, 1.82) is 0 Å². The van der Waals surface area contributed by atoms with Gasteiger partial charge in [-0.15, -0.1) is 0 Å². The molecule has 1 aliphatic heterocycles. The molecular weight excluding hydrogens is 442 g/mol. The molecule has 2 aromatic heterocycles. The fourth-order valence-corrected chi connectivity index (χ4v) is 3.38. The fourth-order valence-electron chi connectivity index (χ4n) is 3.38. The molecule has 1 atom stereocenters. The predicted molar refractivity (Wildman–Crippen MR) is 103 cm³/mol. The van der Waals surface area contributed by atoms with Gasteiger partial charge in [0.15, 0.2) is 0 Å². The van der Waals surface area contributed by atoms with E-state index >= 15 is 0 Å². The van der Waals surface area contributed by atoms with E-state index in [2.05, 4.69) is 25.3 Å². The van der Waals surface area contributed by atoms with Gasteiger partial charge in [0.25, 0.3) is 6.47 Å². The molecule has 6 nitrogen and oxygen atoms in total. The second-order valence-electron chi connectivity index (χ2n) is 6.83. The third kappa shape index (κ3) is 5.01. The van der Waals surface area contributed by atoms with Crippen LogP contribution in [-0.2, 0) is 15.7 Å². The molecule has 0 bridgehead atoms.